The fourth-order valence-corrected chi connectivity index (χ4v) is 1.63. The van der Waals surface area contributed by atoms with Crippen molar-refractivity contribution >= 4 is 11.8 Å². The topological polar surface area (TPSA) is 84.2 Å². The maximum Gasteiger partial charge on any atom is 0.222 e. The fourth-order valence-electron chi connectivity index (χ4n) is 1.63. The second-order valence-corrected chi connectivity index (χ2v) is 5.43. The van der Waals surface area contributed by atoms with Gasteiger partial charge in [-0.3, -0.25) is 9.59 Å². The fraction of sp³-hybridized carbons (Fsp3) is 0.846. The zero-order chi connectivity index (χ0) is 14.3. The first-order chi connectivity index (χ1) is 8.23. The first-order valence-electron chi connectivity index (χ1n) is 6.54. The molecule has 106 valence electrons. The van der Waals surface area contributed by atoms with Crippen LogP contribution in [0.4, 0.5) is 0 Å². The third-order valence-corrected chi connectivity index (χ3v) is 2.83. The van der Waals surface area contributed by atoms with Crippen molar-refractivity contribution < 1.29 is 9.59 Å². The Hall–Kier alpha value is -1.10. The summed E-state index contributed by atoms with van der Waals surface area (Å²) in [6.45, 7) is 9.95. The number of nitrogens with one attached hydrogen (secondary N) is 2. The molecule has 5 heteroatoms. The Labute approximate surface area is 110 Å². The van der Waals surface area contributed by atoms with Crippen molar-refractivity contribution in [2.75, 3.05) is 6.54 Å². The third-order valence-electron chi connectivity index (χ3n) is 2.83. The van der Waals surface area contributed by atoms with E-state index < -0.39 is 0 Å². The Bertz CT molecular complexity index is 279. The number of rotatable bonds is 7. The molecule has 4 N–H and O–H groups in total. The van der Waals surface area contributed by atoms with Crippen LogP contribution in [-0.4, -0.2) is 30.4 Å². The van der Waals surface area contributed by atoms with Crippen LogP contribution >= 0.6 is 0 Å². The standard InChI is InChI=1S/C13H27N3O2/c1-8(2)7-15-13(18)9(3)6-12(14)10(4)16-11(5)17/h8-10,12H,6-7,14H2,1-5H3,(H,15,18)(H,16,17). The molecule has 0 heterocycles. The first kappa shape index (κ1) is 16.9. The van der Waals surface area contributed by atoms with Gasteiger partial charge in [-0.15, -0.1) is 0 Å². The molecule has 0 saturated heterocycles. The average Bonchev–Trinajstić information content (AvgIpc) is 2.24. The van der Waals surface area contributed by atoms with Gasteiger partial charge in [0, 0.05) is 31.5 Å². The van der Waals surface area contributed by atoms with E-state index in [0.717, 1.165) is 0 Å². The van der Waals surface area contributed by atoms with Crippen LogP contribution < -0.4 is 16.4 Å². The maximum absolute atomic E-state index is 11.8. The largest absolute Gasteiger partial charge is 0.356 e. The highest BCUT2D eigenvalue weighted by Gasteiger charge is 2.20. The van der Waals surface area contributed by atoms with E-state index in [4.69, 9.17) is 5.73 Å². The average molecular weight is 257 g/mol. The molecule has 0 aromatic heterocycles. The van der Waals surface area contributed by atoms with Gasteiger partial charge in [-0.25, -0.2) is 0 Å². The predicted octanol–water partition coefficient (Wildman–Crippen LogP) is 0.637. The molecule has 0 saturated carbocycles. The number of carbonyl (C=O) groups is 2. The normalized spacial score (nSPS) is 15.9. The smallest absolute Gasteiger partial charge is 0.222 e. The lowest BCUT2D eigenvalue weighted by Gasteiger charge is -2.23. The van der Waals surface area contributed by atoms with E-state index in [0.29, 0.717) is 18.9 Å². The summed E-state index contributed by atoms with van der Waals surface area (Å²) >= 11 is 0. The molecule has 18 heavy (non-hydrogen) atoms. The molecule has 0 aromatic carbocycles. The molecule has 0 radical (unpaired) electrons. The molecule has 0 aliphatic rings. The van der Waals surface area contributed by atoms with Gasteiger partial charge >= 0.3 is 0 Å². The van der Waals surface area contributed by atoms with Crippen molar-refractivity contribution in [1.82, 2.24) is 10.6 Å². The van der Waals surface area contributed by atoms with Gasteiger partial charge in [-0.1, -0.05) is 20.8 Å². The highest BCUT2D eigenvalue weighted by Crippen LogP contribution is 2.08. The summed E-state index contributed by atoms with van der Waals surface area (Å²) in [6, 6.07) is -0.337. The molecular formula is C13H27N3O2. The van der Waals surface area contributed by atoms with Gasteiger partial charge in [0.05, 0.1) is 0 Å². The van der Waals surface area contributed by atoms with Crippen LogP contribution in [0.15, 0.2) is 0 Å². The maximum atomic E-state index is 11.8. The van der Waals surface area contributed by atoms with Gasteiger partial charge in [0.25, 0.3) is 0 Å². The quantitative estimate of drug-likeness (QED) is 0.625. The summed E-state index contributed by atoms with van der Waals surface area (Å²) < 4.78 is 0. The van der Waals surface area contributed by atoms with Crippen LogP contribution in [-0.2, 0) is 9.59 Å². The Morgan fingerprint density at radius 3 is 2.17 bits per heavy atom. The molecule has 3 atom stereocenters. The highest BCUT2D eigenvalue weighted by molar-refractivity contribution is 5.78. The van der Waals surface area contributed by atoms with Gasteiger partial charge in [0.2, 0.25) is 11.8 Å². The summed E-state index contributed by atoms with van der Waals surface area (Å²) in [5.74, 6) is 0.215. The van der Waals surface area contributed by atoms with Crippen LogP contribution in [0.1, 0.15) is 41.0 Å². The van der Waals surface area contributed by atoms with E-state index >= 15 is 0 Å². The molecule has 0 aliphatic heterocycles. The van der Waals surface area contributed by atoms with Gasteiger partial charge in [0.15, 0.2) is 0 Å². The van der Waals surface area contributed by atoms with Gasteiger partial charge in [-0.2, -0.15) is 0 Å². The van der Waals surface area contributed by atoms with Gasteiger partial charge in [0.1, 0.15) is 0 Å². The predicted molar refractivity (Wildman–Crippen MR) is 72.9 cm³/mol. The van der Waals surface area contributed by atoms with Crippen molar-refractivity contribution in [2.24, 2.45) is 17.6 Å². The van der Waals surface area contributed by atoms with Crippen LogP contribution in [0, 0.1) is 11.8 Å². The second kappa shape index (κ2) is 8.08. The molecule has 0 fully saturated rings. The lowest BCUT2D eigenvalue weighted by Crippen LogP contribution is -2.47. The molecule has 0 spiro atoms. The van der Waals surface area contributed by atoms with E-state index in [1.165, 1.54) is 6.92 Å². The molecule has 0 aliphatic carbocycles. The summed E-state index contributed by atoms with van der Waals surface area (Å²) in [5, 5.41) is 5.63. The van der Waals surface area contributed by atoms with Crippen LogP contribution in [0.2, 0.25) is 0 Å². The number of hydrogen-bond donors (Lipinski definition) is 3. The van der Waals surface area contributed by atoms with Crippen molar-refractivity contribution in [3.05, 3.63) is 0 Å². The van der Waals surface area contributed by atoms with Crippen molar-refractivity contribution in [3.63, 3.8) is 0 Å². The Morgan fingerprint density at radius 1 is 1.17 bits per heavy atom. The SMILES string of the molecule is CC(=O)NC(C)C(N)CC(C)C(=O)NCC(C)C. The lowest BCUT2D eigenvalue weighted by atomic mass is 9.97. The number of hydrogen-bond acceptors (Lipinski definition) is 3. The van der Waals surface area contributed by atoms with E-state index in [1.807, 2.05) is 13.8 Å². The minimum Gasteiger partial charge on any atom is -0.356 e. The third kappa shape index (κ3) is 7.27. The molecule has 0 bridgehead atoms. The van der Waals surface area contributed by atoms with E-state index in [9.17, 15) is 9.59 Å². The Kier molecular flexibility index (Phi) is 7.59. The summed E-state index contributed by atoms with van der Waals surface area (Å²) in [5.41, 5.74) is 5.97. The molecular weight excluding hydrogens is 230 g/mol. The number of amides is 2. The Morgan fingerprint density at radius 2 is 1.72 bits per heavy atom. The molecule has 0 rings (SSSR count). The van der Waals surface area contributed by atoms with Gasteiger partial charge in [-0.05, 0) is 19.3 Å². The number of nitrogens with two attached hydrogens (primary N) is 1. The Balaban J connectivity index is 4.09. The van der Waals surface area contributed by atoms with Crippen LogP contribution in [0.25, 0.3) is 0 Å². The van der Waals surface area contributed by atoms with Gasteiger partial charge < -0.3 is 16.4 Å². The van der Waals surface area contributed by atoms with Crippen molar-refractivity contribution in [3.8, 4) is 0 Å². The molecule has 3 unspecified atom stereocenters. The van der Waals surface area contributed by atoms with E-state index in [2.05, 4.69) is 24.5 Å². The summed E-state index contributed by atoms with van der Waals surface area (Å²) in [6.07, 6.45) is 0.561. The minimum atomic E-state index is -0.214. The lowest BCUT2D eigenvalue weighted by molar-refractivity contribution is -0.125. The monoisotopic (exact) mass is 257 g/mol. The second-order valence-electron chi connectivity index (χ2n) is 5.43. The van der Waals surface area contributed by atoms with E-state index in [-0.39, 0.29) is 29.8 Å². The van der Waals surface area contributed by atoms with Crippen LogP contribution in [0.5, 0.6) is 0 Å². The van der Waals surface area contributed by atoms with Crippen molar-refractivity contribution in [1.29, 1.82) is 0 Å². The molecule has 5 nitrogen and oxygen atoms in total. The number of carbonyl (C=O) groups excluding carboxylic acids is 2. The summed E-state index contributed by atoms with van der Waals surface area (Å²) in [4.78, 5) is 22.7. The molecule has 2 amide bonds. The minimum absolute atomic E-state index is 0.0224. The zero-order valence-electron chi connectivity index (χ0n) is 12.1. The highest BCUT2D eigenvalue weighted by atomic mass is 16.2. The zero-order valence-corrected chi connectivity index (χ0v) is 12.1. The molecule has 0 aromatic rings. The summed E-state index contributed by atoms with van der Waals surface area (Å²) in [7, 11) is 0. The first-order valence-corrected chi connectivity index (χ1v) is 6.54. The van der Waals surface area contributed by atoms with E-state index in [1.54, 1.807) is 0 Å². The van der Waals surface area contributed by atoms with Crippen LogP contribution in [0.3, 0.4) is 0 Å². The van der Waals surface area contributed by atoms with Crippen molar-refractivity contribution in [2.45, 2.75) is 53.1 Å².